The molecule has 3 aromatic rings. The number of fused-ring (bicyclic) bond motifs is 1. The molecule has 1 unspecified atom stereocenters. The summed E-state index contributed by atoms with van der Waals surface area (Å²) in [5, 5.41) is 0. The van der Waals surface area contributed by atoms with Crippen molar-refractivity contribution in [1.82, 2.24) is 9.80 Å². The first-order valence-corrected chi connectivity index (χ1v) is 13.2. The van der Waals surface area contributed by atoms with E-state index in [2.05, 4.69) is 11.8 Å². The maximum Gasteiger partial charge on any atom is 0.260 e. The predicted octanol–water partition coefficient (Wildman–Crippen LogP) is 5.04. The Labute approximate surface area is 228 Å². The Bertz CT molecular complexity index is 1330. The minimum atomic E-state index is -0.402. The largest absolute Gasteiger partial charge is 0.496 e. The number of methoxy groups -OCH3 is 1. The van der Waals surface area contributed by atoms with E-state index in [0.717, 1.165) is 11.1 Å². The number of rotatable bonds is 7. The molecule has 8 heteroatoms. The standard InChI is InChI=1S/C31H33FN2O5/c1-20-17-34(21(2)16-33(20)18-22-9-11-24(32)12-10-22)30(36)19-38-28-13-25(37-3)14-29-31(28)26(35)15-27(39-29)23-7-5-4-6-8-23/h4-14,20-21,27H,15-19H2,1-3H3/t20-,21+,27?/m0/s1. The van der Waals surface area contributed by atoms with Crippen LogP contribution in [0.2, 0.25) is 0 Å². The lowest BCUT2D eigenvalue weighted by Gasteiger charge is -2.44. The Morgan fingerprint density at radius 3 is 2.49 bits per heavy atom. The topological polar surface area (TPSA) is 68.3 Å². The Morgan fingerprint density at radius 2 is 1.77 bits per heavy atom. The number of hydrogen-bond donors (Lipinski definition) is 0. The van der Waals surface area contributed by atoms with Crippen molar-refractivity contribution in [3.8, 4) is 17.2 Å². The molecule has 0 spiro atoms. The second-order valence-corrected chi connectivity index (χ2v) is 10.2. The fourth-order valence-electron chi connectivity index (χ4n) is 5.30. The summed E-state index contributed by atoms with van der Waals surface area (Å²) in [6, 6.07) is 19.5. The third kappa shape index (κ3) is 5.91. The van der Waals surface area contributed by atoms with Gasteiger partial charge in [-0.05, 0) is 37.1 Å². The number of hydrogen-bond acceptors (Lipinski definition) is 6. The van der Waals surface area contributed by atoms with Gasteiger partial charge in [-0.25, -0.2) is 4.39 Å². The summed E-state index contributed by atoms with van der Waals surface area (Å²) in [6.07, 6.45) is -0.223. The minimum Gasteiger partial charge on any atom is -0.496 e. The van der Waals surface area contributed by atoms with Gasteiger partial charge in [-0.1, -0.05) is 42.5 Å². The summed E-state index contributed by atoms with van der Waals surface area (Å²) in [5.74, 6) is 0.639. The summed E-state index contributed by atoms with van der Waals surface area (Å²) in [5.41, 5.74) is 2.28. The van der Waals surface area contributed by atoms with Crippen LogP contribution < -0.4 is 14.2 Å². The highest BCUT2D eigenvalue weighted by atomic mass is 19.1. The van der Waals surface area contributed by atoms with Crippen LogP contribution in [-0.2, 0) is 11.3 Å². The van der Waals surface area contributed by atoms with Crippen molar-refractivity contribution in [3.05, 3.63) is 89.2 Å². The van der Waals surface area contributed by atoms with Crippen LogP contribution in [0.5, 0.6) is 17.2 Å². The second-order valence-electron chi connectivity index (χ2n) is 10.2. The Kier molecular flexibility index (Phi) is 7.84. The molecule has 1 fully saturated rings. The van der Waals surface area contributed by atoms with Gasteiger partial charge in [0.05, 0.1) is 13.5 Å². The SMILES string of the molecule is COc1cc(OCC(=O)N2C[C@H](C)N(Cc3ccc(F)cc3)C[C@H]2C)c2c(c1)OC(c1ccccc1)CC2=O. The molecule has 3 aromatic carbocycles. The van der Waals surface area contributed by atoms with Gasteiger partial charge in [-0.3, -0.25) is 14.5 Å². The lowest BCUT2D eigenvalue weighted by molar-refractivity contribution is -0.139. The van der Waals surface area contributed by atoms with Crippen molar-refractivity contribution < 1.29 is 28.2 Å². The van der Waals surface area contributed by atoms with Gasteiger partial charge >= 0.3 is 0 Å². The molecule has 0 aliphatic carbocycles. The van der Waals surface area contributed by atoms with Gasteiger partial charge in [0.1, 0.15) is 34.7 Å². The van der Waals surface area contributed by atoms with E-state index in [0.29, 0.717) is 36.7 Å². The first-order valence-electron chi connectivity index (χ1n) is 13.2. The predicted molar refractivity (Wildman–Crippen MR) is 145 cm³/mol. The normalized spacial score (nSPS) is 21.2. The van der Waals surface area contributed by atoms with E-state index >= 15 is 0 Å². The van der Waals surface area contributed by atoms with Crippen LogP contribution >= 0.6 is 0 Å². The van der Waals surface area contributed by atoms with Gasteiger partial charge < -0.3 is 19.1 Å². The number of ketones is 1. The van der Waals surface area contributed by atoms with Crippen LogP contribution in [-0.4, -0.2) is 60.4 Å². The van der Waals surface area contributed by atoms with Crippen molar-refractivity contribution in [1.29, 1.82) is 0 Å². The molecular formula is C31H33FN2O5. The number of amides is 1. The molecule has 204 valence electrons. The third-order valence-corrected chi connectivity index (χ3v) is 7.45. The van der Waals surface area contributed by atoms with Crippen LogP contribution in [0, 0.1) is 5.82 Å². The molecule has 2 heterocycles. The Hall–Kier alpha value is -3.91. The van der Waals surface area contributed by atoms with Crippen molar-refractivity contribution in [2.75, 3.05) is 26.8 Å². The maximum absolute atomic E-state index is 13.3. The van der Waals surface area contributed by atoms with Gasteiger partial charge in [-0.15, -0.1) is 0 Å². The average molecular weight is 533 g/mol. The first kappa shape index (κ1) is 26.7. The number of halogens is 1. The highest BCUT2D eigenvalue weighted by molar-refractivity contribution is 6.03. The lowest BCUT2D eigenvalue weighted by Crippen LogP contribution is -2.58. The molecule has 0 radical (unpaired) electrons. The van der Waals surface area contributed by atoms with Crippen LogP contribution in [0.25, 0.3) is 0 Å². The quantitative estimate of drug-likeness (QED) is 0.425. The zero-order chi connectivity index (χ0) is 27.5. The van der Waals surface area contributed by atoms with Crippen LogP contribution in [0.4, 0.5) is 4.39 Å². The molecule has 39 heavy (non-hydrogen) atoms. The zero-order valence-corrected chi connectivity index (χ0v) is 22.4. The van der Waals surface area contributed by atoms with E-state index in [-0.39, 0.29) is 48.4 Å². The number of Topliss-reactive ketones (excluding diaryl/α,β-unsaturated/α-hetero) is 1. The molecular weight excluding hydrogens is 499 g/mol. The molecule has 0 aromatic heterocycles. The van der Waals surface area contributed by atoms with E-state index in [1.165, 1.54) is 19.2 Å². The lowest BCUT2D eigenvalue weighted by atomic mass is 9.95. The molecule has 2 aliphatic rings. The van der Waals surface area contributed by atoms with Crippen LogP contribution in [0.15, 0.2) is 66.7 Å². The van der Waals surface area contributed by atoms with E-state index in [4.69, 9.17) is 14.2 Å². The summed E-state index contributed by atoms with van der Waals surface area (Å²) in [4.78, 5) is 30.6. The minimum absolute atomic E-state index is 0.0337. The van der Waals surface area contributed by atoms with Crippen molar-refractivity contribution in [3.63, 3.8) is 0 Å². The number of nitrogens with zero attached hydrogens (tertiary/aromatic N) is 2. The molecule has 3 atom stereocenters. The summed E-state index contributed by atoms with van der Waals surface area (Å²) in [6.45, 7) is 5.80. The molecule has 0 N–H and O–H groups in total. The molecule has 5 rings (SSSR count). The Morgan fingerprint density at radius 1 is 1.03 bits per heavy atom. The smallest absolute Gasteiger partial charge is 0.260 e. The van der Waals surface area contributed by atoms with E-state index in [9.17, 15) is 14.0 Å². The van der Waals surface area contributed by atoms with Gasteiger partial charge in [0, 0.05) is 43.9 Å². The molecule has 0 saturated carbocycles. The van der Waals surface area contributed by atoms with Crippen molar-refractivity contribution in [2.45, 2.75) is 45.0 Å². The van der Waals surface area contributed by atoms with Crippen molar-refractivity contribution in [2.24, 2.45) is 0 Å². The summed E-state index contributed by atoms with van der Waals surface area (Å²) < 4.78 is 30.9. The highest BCUT2D eigenvalue weighted by Gasteiger charge is 2.34. The van der Waals surface area contributed by atoms with Gasteiger partial charge in [-0.2, -0.15) is 0 Å². The monoisotopic (exact) mass is 532 g/mol. The number of ether oxygens (including phenoxy) is 3. The van der Waals surface area contributed by atoms with Crippen LogP contribution in [0.3, 0.4) is 0 Å². The Balaban J connectivity index is 1.26. The molecule has 2 aliphatic heterocycles. The van der Waals surface area contributed by atoms with E-state index in [1.807, 2.05) is 42.2 Å². The maximum atomic E-state index is 13.3. The van der Waals surface area contributed by atoms with Crippen molar-refractivity contribution >= 4 is 11.7 Å². The van der Waals surface area contributed by atoms with E-state index in [1.54, 1.807) is 24.3 Å². The number of carbonyl (C=O) groups is 2. The number of carbonyl (C=O) groups excluding carboxylic acids is 2. The van der Waals surface area contributed by atoms with Gasteiger partial charge in [0.2, 0.25) is 0 Å². The van der Waals surface area contributed by atoms with Gasteiger partial charge in [0.15, 0.2) is 12.4 Å². The average Bonchev–Trinajstić information content (AvgIpc) is 2.94. The molecule has 0 bridgehead atoms. The fourth-order valence-corrected chi connectivity index (χ4v) is 5.30. The van der Waals surface area contributed by atoms with Gasteiger partial charge in [0.25, 0.3) is 5.91 Å². The zero-order valence-electron chi connectivity index (χ0n) is 22.4. The number of benzene rings is 3. The molecule has 7 nitrogen and oxygen atoms in total. The second kappa shape index (κ2) is 11.5. The first-order chi connectivity index (χ1) is 18.8. The summed E-state index contributed by atoms with van der Waals surface area (Å²) >= 11 is 0. The highest BCUT2D eigenvalue weighted by Crippen LogP contribution is 2.42. The van der Waals surface area contributed by atoms with Crippen LogP contribution in [0.1, 0.15) is 47.9 Å². The third-order valence-electron chi connectivity index (χ3n) is 7.45. The summed E-state index contributed by atoms with van der Waals surface area (Å²) in [7, 11) is 1.53. The number of piperazine rings is 1. The molecule has 1 saturated heterocycles. The fraction of sp³-hybridized carbons (Fsp3) is 0.355. The molecule has 1 amide bonds. The van der Waals surface area contributed by atoms with E-state index < -0.39 is 6.10 Å².